The molecular formula is C21H26BrN3O2. The van der Waals surface area contributed by atoms with E-state index in [1.54, 1.807) is 0 Å². The lowest BCUT2D eigenvalue weighted by Gasteiger charge is -2.33. The third-order valence-corrected chi connectivity index (χ3v) is 5.51. The summed E-state index contributed by atoms with van der Waals surface area (Å²) < 4.78 is 8.69. The number of amides is 1. The molecular weight excluding hydrogens is 406 g/mol. The van der Waals surface area contributed by atoms with Gasteiger partial charge in [0, 0.05) is 35.0 Å². The number of likely N-dealkylation sites (tertiary alicyclic amines) is 1. The lowest BCUT2D eigenvalue weighted by Crippen LogP contribution is -2.42. The summed E-state index contributed by atoms with van der Waals surface area (Å²) >= 11 is 3.55. The van der Waals surface area contributed by atoms with Crippen LogP contribution in [0.3, 0.4) is 0 Å². The van der Waals surface area contributed by atoms with Crippen molar-refractivity contribution in [2.24, 2.45) is 5.92 Å². The van der Waals surface area contributed by atoms with Crippen LogP contribution >= 0.6 is 15.9 Å². The fourth-order valence-electron chi connectivity index (χ4n) is 3.65. The van der Waals surface area contributed by atoms with Gasteiger partial charge in [0.15, 0.2) is 5.69 Å². The van der Waals surface area contributed by atoms with Crippen LogP contribution in [-0.4, -0.2) is 34.1 Å². The molecule has 27 heavy (non-hydrogen) atoms. The summed E-state index contributed by atoms with van der Waals surface area (Å²) in [4.78, 5) is 17.8. The van der Waals surface area contributed by atoms with E-state index < -0.39 is 5.60 Å². The third-order valence-electron chi connectivity index (χ3n) is 5.08. The number of halogens is 1. The molecule has 0 N–H and O–H groups in total. The zero-order valence-corrected chi connectivity index (χ0v) is 18.0. The second kappa shape index (κ2) is 7.55. The highest BCUT2D eigenvalue weighted by Gasteiger charge is 2.27. The number of ether oxygens (including phenoxy) is 1. The Balaban J connectivity index is 1.73. The standard InChI is InChI=1S/C21H26BrN3O2/c1-14-18(23-5)12-17-11-16(22)13-25(17)19(14)10-15-6-8-24(9-7-15)20(26)27-21(2,3)4/h11-13,15H,6-10H2,1-4H3. The summed E-state index contributed by atoms with van der Waals surface area (Å²) in [7, 11) is 0. The highest BCUT2D eigenvalue weighted by Crippen LogP contribution is 2.31. The maximum Gasteiger partial charge on any atom is 0.410 e. The van der Waals surface area contributed by atoms with Crippen molar-refractivity contribution in [2.75, 3.05) is 13.1 Å². The molecule has 0 spiro atoms. The molecule has 1 amide bonds. The zero-order valence-electron chi connectivity index (χ0n) is 16.4. The van der Waals surface area contributed by atoms with E-state index in [0.29, 0.717) is 11.6 Å². The van der Waals surface area contributed by atoms with E-state index in [1.807, 2.05) is 44.7 Å². The Kier molecular flexibility index (Phi) is 5.53. The van der Waals surface area contributed by atoms with Crippen LogP contribution in [0.1, 0.15) is 44.9 Å². The summed E-state index contributed by atoms with van der Waals surface area (Å²) in [5.74, 6) is 0.493. The van der Waals surface area contributed by atoms with Gasteiger partial charge in [-0.2, -0.15) is 0 Å². The first-order chi connectivity index (χ1) is 12.7. The maximum absolute atomic E-state index is 12.3. The topological polar surface area (TPSA) is 38.3 Å². The van der Waals surface area contributed by atoms with E-state index in [4.69, 9.17) is 11.3 Å². The van der Waals surface area contributed by atoms with Gasteiger partial charge < -0.3 is 14.0 Å². The van der Waals surface area contributed by atoms with E-state index in [9.17, 15) is 4.79 Å². The minimum atomic E-state index is -0.460. The molecule has 144 valence electrons. The van der Waals surface area contributed by atoms with Gasteiger partial charge >= 0.3 is 6.09 Å². The monoisotopic (exact) mass is 431 g/mol. The number of pyridine rings is 1. The second-order valence-corrected chi connectivity index (χ2v) is 9.20. The summed E-state index contributed by atoms with van der Waals surface area (Å²) in [6.07, 6.45) is 4.66. The number of aromatic nitrogens is 1. The van der Waals surface area contributed by atoms with Gasteiger partial charge in [-0.25, -0.2) is 9.64 Å². The van der Waals surface area contributed by atoms with Crippen LogP contribution in [0.15, 0.2) is 22.8 Å². The van der Waals surface area contributed by atoms with Crippen molar-refractivity contribution in [1.82, 2.24) is 9.30 Å². The second-order valence-electron chi connectivity index (χ2n) is 8.28. The van der Waals surface area contributed by atoms with Gasteiger partial charge in [-0.3, -0.25) is 0 Å². The Labute approximate surface area is 169 Å². The number of nitrogens with zero attached hydrogens (tertiary/aromatic N) is 3. The van der Waals surface area contributed by atoms with Gasteiger partial charge in [0.2, 0.25) is 0 Å². The number of hydrogen-bond donors (Lipinski definition) is 0. The van der Waals surface area contributed by atoms with Gasteiger partial charge in [-0.1, -0.05) is 0 Å². The first-order valence-electron chi connectivity index (χ1n) is 9.33. The first-order valence-corrected chi connectivity index (χ1v) is 10.1. The normalized spacial score (nSPS) is 15.8. The average Bonchev–Trinajstić information content (AvgIpc) is 2.96. The third kappa shape index (κ3) is 4.47. The first kappa shape index (κ1) is 19.8. The van der Waals surface area contributed by atoms with E-state index in [-0.39, 0.29) is 6.09 Å². The van der Waals surface area contributed by atoms with Crippen LogP contribution < -0.4 is 0 Å². The molecule has 0 aliphatic carbocycles. The molecule has 0 aromatic carbocycles. The van der Waals surface area contributed by atoms with Crippen molar-refractivity contribution >= 4 is 33.2 Å². The summed E-state index contributed by atoms with van der Waals surface area (Å²) in [6, 6.07) is 3.99. The molecule has 0 atom stereocenters. The Morgan fingerprint density at radius 1 is 1.33 bits per heavy atom. The minimum absolute atomic E-state index is 0.219. The Morgan fingerprint density at radius 3 is 2.59 bits per heavy atom. The van der Waals surface area contributed by atoms with Crippen molar-refractivity contribution in [2.45, 2.75) is 52.6 Å². The number of fused-ring (bicyclic) bond motifs is 1. The number of carbonyl (C=O) groups excluding carboxylic acids is 1. The molecule has 2 aromatic rings. The SMILES string of the molecule is [C-]#[N+]c1cc2cc(Br)cn2c(CC2CCN(C(=O)OC(C)(C)C)CC2)c1C. The Morgan fingerprint density at radius 2 is 2.00 bits per heavy atom. The van der Waals surface area contributed by atoms with Crippen LogP contribution in [0.5, 0.6) is 0 Å². The number of carbonyl (C=O) groups is 1. The molecule has 1 aliphatic rings. The van der Waals surface area contributed by atoms with Crippen LogP contribution in [0.2, 0.25) is 0 Å². The van der Waals surface area contributed by atoms with E-state index >= 15 is 0 Å². The molecule has 6 heteroatoms. The smallest absolute Gasteiger partial charge is 0.410 e. The summed E-state index contributed by atoms with van der Waals surface area (Å²) in [6.45, 7) is 16.6. The molecule has 1 saturated heterocycles. The van der Waals surface area contributed by atoms with Crippen molar-refractivity contribution in [3.63, 3.8) is 0 Å². The number of hydrogen-bond acceptors (Lipinski definition) is 2. The highest BCUT2D eigenvalue weighted by molar-refractivity contribution is 9.10. The number of piperidine rings is 1. The van der Waals surface area contributed by atoms with E-state index in [0.717, 1.165) is 47.9 Å². The van der Waals surface area contributed by atoms with Gasteiger partial charge in [0.25, 0.3) is 0 Å². The summed E-state index contributed by atoms with van der Waals surface area (Å²) in [5.41, 5.74) is 3.54. The highest BCUT2D eigenvalue weighted by atomic mass is 79.9. The Hall–Kier alpha value is -2.00. The van der Waals surface area contributed by atoms with Crippen LogP contribution in [-0.2, 0) is 11.2 Å². The molecule has 3 heterocycles. The zero-order chi connectivity index (χ0) is 19.8. The summed E-state index contributed by atoms with van der Waals surface area (Å²) in [5, 5.41) is 0. The predicted molar refractivity (Wildman–Crippen MR) is 110 cm³/mol. The van der Waals surface area contributed by atoms with Gasteiger partial charge in [-0.05, 0) is 86.5 Å². The molecule has 0 radical (unpaired) electrons. The van der Waals surface area contributed by atoms with E-state index in [1.165, 1.54) is 5.69 Å². The lowest BCUT2D eigenvalue weighted by atomic mass is 9.90. The van der Waals surface area contributed by atoms with Gasteiger partial charge in [0.1, 0.15) is 5.60 Å². The lowest BCUT2D eigenvalue weighted by molar-refractivity contribution is 0.0184. The van der Waals surface area contributed by atoms with E-state index in [2.05, 4.69) is 31.4 Å². The van der Waals surface area contributed by atoms with Gasteiger partial charge in [0.05, 0.1) is 6.57 Å². The quantitative estimate of drug-likeness (QED) is 0.567. The largest absolute Gasteiger partial charge is 0.444 e. The molecule has 5 nitrogen and oxygen atoms in total. The minimum Gasteiger partial charge on any atom is -0.444 e. The fourth-order valence-corrected chi connectivity index (χ4v) is 4.09. The van der Waals surface area contributed by atoms with Crippen molar-refractivity contribution in [1.29, 1.82) is 0 Å². The average molecular weight is 432 g/mol. The number of rotatable bonds is 2. The maximum atomic E-state index is 12.3. The molecule has 0 saturated carbocycles. The van der Waals surface area contributed by atoms with Crippen molar-refractivity contribution in [3.8, 4) is 0 Å². The Bertz CT molecular complexity index is 897. The molecule has 0 bridgehead atoms. The fraction of sp³-hybridized carbons (Fsp3) is 0.524. The predicted octanol–water partition coefficient (Wildman–Crippen LogP) is 5.75. The van der Waals surface area contributed by atoms with Crippen LogP contribution in [0, 0.1) is 19.4 Å². The molecule has 0 unspecified atom stereocenters. The molecule has 1 aliphatic heterocycles. The van der Waals surface area contributed by atoms with Crippen LogP contribution in [0.4, 0.5) is 10.5 Å². The molecule has 3 rings (SSSR count). The van der Waals surface area contributed by atoms with Crippen LogP contribution in [0.25, 0.3) is 10.4 Å². The molecule has 1 fully saturated rings. The molecule has 2 aromatic heterocycles. The van der Waals surface area contributed by atoms with Crippen molar-refractivity contribution < 1.29 is 9.53 Å². The van der Waals surface area contributed by atoms with Gasteiger partial charge in [-0.15, -0.1) is 0 Å². The van der Waals surface area contributed by atoms with Crippen molar-refractivity contribution in [3.05, 3.63) is 45.5 Å².